The number of piperidine rings is 1. The van der Waals surface area contributed by atoms with E-state index in [1.165, 1.54) is 16.7 Å². The molecule has 0 spiro atoms. The zero-order valence-corrected chi connectivity index (χ0v) is 20.6. The summed E-state index contributed by atoms with van der Waals surface area (Å²) in [6.07, 6.45) is 5.37. The van der Waals surface area contributed by atoms with Crippen molar-refractivity contribution in [2.75, 3.05) is 25.5 Å². The Kier molecular flexibility index (Phi) is 6.96. The van der Waals surface area contributed by atoms with E-state index in [-0.39, 0.29) is 23.5 Å². The SMILES string of the molecule is Nc1nccc2c1n(-c1ccc(Oc3ccccc3)c(Cl)c1)c(=O)n2[C@@H]1CCCN(C(=O)/C=C/CF)C1. The Morgan fingerprint density at radius 3 is 2.78 bits per heavy atom. The Hall–Kier alpha value is -4.11. The first-order valence-electron chi connectivity index (χ1n) is 11.9. The average molecular weight is 522 g/mol. The van der Waals surface area contributed by atoms with E-state index >= 15 is 0 Å². The molecule has 2 N–H and O–H groups in total. The van der Waals surface area contributed by atoms with Crippen LogP contribution in [0.2, 0.25) is 5.02 Å². The number of nitrogen functional groups attached to an aromatic ring is 1. The third-order valence-electron chi connectivity index (χ3n) is 6.38. The van der Waals surface area contributed by atoms with Gasteiger partial charge in [-0.1, -0.05) is 29.8 Å². The highest BCUT2D eigenvalue weighted by Gasteiger charge is 2.29. The molecular weight excluding hydrogens is 497 g/mol. The molecule has 1 fully saturated rings. The number of allylic oxidation sites excluding steroid dienone is 1. The number of hydrogen-bond acceptors (Lipinski definition) is 5. The van der Waals surface area contributed by atoms with Gasteiger partial charge in [-0.15, -0.1) is 0 Å². The van der Waals surface area contributed by atoms with Gasteiger partial charge >= 0.3 is 5.69 Å². The van der Waals surface area contributed by atoms with Crippen LogP contribution in [0.4, 0.5) is 10.2 Å². The molecule has 2 aromatic heterocycles. The molecule has 1 atom stereocenters. The number of carbonyl (C=O) groups is 1. The van der Waals surface area contributed by atoms with Gasteiger partial charge in [0.05, 0.1) is 22.3 Å². The smallest absolute Gasteiger partial charge is 0.334 e. The second-order valence-corrected chi connectivity index (χ2v) is 9.13. The fourth-order valence-electron chi connectivity index (χ4n) is 4.73. The first kappa shape index (κ1) is 24.6. The molecule has 190 valence electrons. The summed E-state index contributed by atoms with van der Waals surface area (Å²) in [5, 5.41) is 0.325. The number of alkyl halides is 1. The zero-order chi connectivity index (χ0) is 25.9. The third-order valence-corrected chi connectivity index (χ3v) is 6.67. The largest absolute Gasteiger partial charge is 0.456 e. The number of carbonyl (C=O) groups excluding carboxylic acids is 1. The zero-order valence-electron chi connectivity index (χ0n) is 19.9. The number of imidazole rings is 1. The quantitative estimate of drug-likeness (QED) is 0.364. The molecular formula is C27H25ClFN5O3. The Morgan fingerprint density at radius 1 is 1.22 bits per heavy atom. The Labute approximate surface area is 217 Å². The van der Waals surface area contributed by atoms with Gasteiger partial charge in [-0.25, -0.2) is 14.2 Å². The van der Waals surface area contributed by atoms with Crippen LogP contribution in [-0.4, -0.2) is 44.7 Å². The van der Waals surface area contributed by atoms with Crippen LogP contribution in [0.3, 0.4) is 0 Å². The first-order chi connectivity index (χ1) is 18.0. The summed E-state index contributed by atoms with van der Waals surface area (Å²) in [7, 11) is 0. The molecule has 37 heavy (non-hydrogen) atoms. The molecule has 0 unspecified atom stereocenters. The minimum absolute atomic E-state index is 0.198. The van der Waals surface area contributed by atoms with Crippen LogP contribution in [0.1, 0.15) is 18.9 Å². The normalized spacial score (nSPS) is 15.9. The molecule has 1 amide bonds. The maximum absolute atomic E-state index is 13.9. The third kappa shape index (κ3) is 4.82. The number of likely N-dealkylation sites (tertiary alicyclic amines) is 1. The van der Waals surface area contributed by atoms with Gasteiger partial charge < -0.3 is 15.4 Å². The van der Waals surface area contributed by atoms with Crippen LogP contribution >= 0.6 is 11.6 Å². The van der Waals surface area contributed by atoms with Crippen molar-refractivity contribution < 1.29 is 13.9 Å². The number of benzene rings is 2. The second kappa shape index (κ2) is 10.5. The van der Waals surface area contributed by atoms with E-state index in [0.29, 0.717) is 59.2 Å². The highest BCUT2D eigenvalue weighted by molar-refractivity contribution is 6.32. The molecule has 4 aromatic rings. The molecule has 1 aliphatic rings. The number of anilines is 1. The topological polar surface area (TPSA) is 95.4 Å². The number of nitrogens with two attached hydrogens (primary N) is 1. The van der Waals surface area contributed by atoms with E-state index in [1.54, 1.807) is 39.9 Å². The van der Waals surface area contributed by atoms with Crippen LogP contribution in [0.15, 0.2) is 77.7 Å². The lowest BCUT2D eigenvalue weighted by atomic mass is 10.1. The predicted octanol–water partition coefficient (Wildman–Crippen LogP) is 4.90. The van der Waals surface area contributed by atoms with Gasteiger partial charge in [0.2, 0.25) is 5.91 Å². The molecule has 0 bridgehead atoms. The van der Waals surface area contributed by atoms with E-state index in [9.17, 15) is 14.0 Å². The number of aromatic nitrogens is 3. The highest BCUT2D eigenvalue weighted by Crippen LogP contribution is 2.33. The van der Waals surface area contributed by atoms with Gasteiger partial charge in [-0.2, -0.15) is 0 Å². The Bertz CT molecular complexity index is 1530. The molecule has 1 aliphatic heterocycles. The van der Waals surface area contributed by atoms with E-state index in [4.69, 9.17) is 22.1 Å². The lowest BCUT2D eigenvalue weighted by Crippen LogP contribution is -2.42. The summed E-state index contributed by atoms with van der Waals surface area (Å²) >= 11 is 6.55. The number of fused-ring (bicyclic) bond motifs is 1. The van der Waals surface area contributed by atoms with Crippen molar-refractivity contribution in [1.29, 1.82) is 0 Å². The Morgan fingerprint density at radius 2 is 2.03 bits per heavy atom. The second-order valence-electron chi connectivity index (χ2n) is 8.72. The number of para-hydroxylation sites is 1. The van der Waals surface area contributed by atoms with E-state index < -0.39 is 6.67 Å². The fraction of sp³-hybridized carbons (Fsp3) is 0.222. The van der Waals surface area contributed by atoms with Crippen molar-refractivity contribution in [1.82, 2.24) is 19.0 Å². The summed E-state index contributed by atoms with van der Waals surface area (Å²) < 4.78 is 21.5. The number of amides is 1. The van der Waals surface area contributed by atoms with Crippen LogP contribution in [0.5, 0.6) is 11.5 Å². The van der Waals surface area contributed by atoms with Gasteiger partial charge in [0, 0.05) is 25.4 Å². The molecule has 0 radical (unpaired) electrons. The minimum Gasteiger partial charge on any atom is -0.456 e. The van der Waals surface area contributed by atoms with Crippen LogP contribution in [0, 0.1) is 0 Å². The Balaban J connectivity index is 1.55. The molecule has 0 saturated carbocycles. The van der Waals surface area contributed by atoms with E-state index in [0.717, 1.165) is 0 Å². The molecule has 1 saturated heterocycles. The van der Waals surface area contributed by atoms with Gasteiger partial charge in [0.25, 0.3) is 0 Å². The van der Waals surface area contributed by atoms with Gasteiger partial charge in [0.1, 0.15) is 29.5 Å². The van der Waals surface area contributed by atoms with Crippen molar-refractivity contribution in [2.24, 2.45) is 0 Å². The van der Waals surface area contributed by atoms with E-state index in [1.807, 2.05) is 30.3 Å². The first-order valence-corrected chi connectivity index (χ1v) is 12.3. The molecule has 8 nitrogen and oxygen atoms in total. The highest BCUT2D eigenvalue weighted by atomic mass is 35.5. The summed E-state index contributed by atoms with van der Waals surface area (Å²) in [5.74, 6) is 1.00. The standard InChI is InChI=1S/C27H25ClFN5O3/c28-21-16-18(10-11-23(21)37-20-7-2-1-3-8-20)34-25-22(12-14-31-26(25)30)33(27(34)36)19-6-5-15-32(17-19)24(35)9-4-13-29/h1-4,7-12,14,16,19H,5-6,13,15,17H2,(H2,30,31)/b9-4+/t19-/m1/s1. The summed E-state index contributed by atoms with van der Waals surface area (Å²) in [6.45, 7) is 0.156. The van der Waals surface area contributed by atoms with Crippen molar-refractivity contribution >= 4 is 34.4 Å². The molecule has 0 aliphatic carbocycles. The monoisotopic (exact) mass is 521 g/mol. The van der Waals surface area contributed by atoms with Gasteiger partial charge in [-0.05, 0) is 55.3 Å². The molecule has 5 rings (SSSR count). The number of hydrogen-bond donors (Lipinski definition) is 1. The lowest BCUT2D eigenvalue weighted by molar-refractivity contribution is -0.127. The van der Waals surface area contributed by atoms with Crippen molar-refractivity contribution in [2.45, 2.75) is 18.9 Å². The van der Waals surface area contributed by atoms with Gasteiger partial charge in [0.15, 0.2) is 0 Å². The maximum Gasteiger partial charge on any atom is 0.334 e. The summed E-state index contributed by atoms with van der Waals surface area (Å²) in [4.78, 5) is 32.2. The molecule has 3 heterocycles. The number of ether oxygens (including phenoxy) is 1. The van der Waals surface area contributed by atoms with Crippen molar-refractivity contribution in [3.8, 4) is 17.2 Å². The number of halogens is 2. The van der Waals surface area contributed by atoms with Crippen molar-refractivity contribution in [3.63, 3.8) is 0 Å². The van der Waals surface area contributed by atoms with Crippen molar-refractivity contribution in [3.05, 3.63) is 88.5 Å². The summed E-state index contributed by atoms with van der Waals surface area (Å²) in [6, 6.07) is 15.8. The number of rotatable bonds is 6. The number of pyridine rings is 1. The minimum atomic E-state index is -0.708. The summed E-state index contributed by atoms with van der Waals surface area (Å²) in [5.41, 5.74) is 7.51. The van der Waals surface area contributed by atoms with E-state index in [2.05, 4.69) is 4.98 Å². The van der Waals surface area contributed by atoms with Crippen LogP contribution in [-0.2, 0) is 4.79 Å². The maximum atomic E-state index is 13.9. The average Bonchev–Trinajstić information content (AvgIpc) is 3.22. The van der Waals surface area contributed by atoms with Crippen LogP contribution in [0.25, 0.3) is 16.7 Å². The van der Waals surface area contributed by atoms with Gasteiger partial charge in [-0.3, -0.25) is 13.9 Å². The molecule has 10 heteroatoms. The number of nitrogens with zero attached hydrogens (tertiary/aromatic N) is 4. The fourth-order valence-corrected chi connectivity index (χ4v) is 4.94. The lowest BCUT2D eigenvalue weighted by Gasteiger charge is -2.32. The predicted molar refractivity (Wildman–Crippen MR) is 141 cm³/mol. The van der Waals surface area contributed by atoms with Crippen LogP contribution < -0.4 is 16.2 Å². The molecule has 2 aromatic carbocycles.